The van der Waals surface area contributed by atoms with Gasteiger partial charge in [0.25, 0.3) is 0 Å². The van der Waals surface area contributed by atoms with E-state index in [0.29, 0.717) is 6.42 Å². The Balaban J connectivity index is 1.47. The summed E-state index contributed by atoms with van der Waals surface area (Å²) in [4.78, 5) is 4.35. The molecule has 2 aliphatic rings. The molecular formula is C25H26FN3O. The number of aliphatic hydroxyl groups excluding tert-OH is 1. The maximum absolute atomic E-state index is 13.3. The summed E-state index contributed by atoms with van der Waals surface area (Å²) in [6, 6.07) is 12.1. The van der Waals surface area contributed by atoms with Crippen LogP contribution >= 0.6 is 0 Å². The van der Waals surface area contributed by atoms with Gasteiger partial charge in [-0.05, 0) is 84.6 Å². The van der Waals surface area contributed by atoms with Gasteiger partial charge in [0.1, 0.15) is 5.82 Å². The number of rotatable bonds is 4. The van der Waals surface area contributed by atoms with E-state index in [2.05, 4.69) is 30.0 Å². The minimum atomic E-state index is -0.573. The zero-order valence-electron chi connectivity index (χ0n) is 17.3. The van der Waals surface area contributed by atoms with Crippen LogP contribution in [0, 0.1) is 16.6 Å². The molecule has 0 radical (unpaired) electrons. The van der Waals surface area contributed by atoms with Gasteiger partial charge in [0.15, 0.2) is 0 Å². The summed E-state index contributed by atoms with van der Waals surface area (Å²) in [6.07, 6.45) is 8.98. The molecule has 2 aromatic heterocycles. The molecule has 3 aromatic rings. The largest absolute Gasteiger partial charge is 0.387 e. The number of hydrogen-bond donors (Lipinski definition) is 1. The van der Waals surface area contributed by atoms with Crippen LogP contribution in [0.1, 0.15) is 56.2 Å². The number of nitrogens with zero attached hydrogens (tertiary/aromatic N) is 3. The lowest BCUT2D eigenvalue weighted by molar-refractivity contribution is 0.0446. The number of hydrogen-bond acceptors (Lipinski definition) is 3. The molecular weight excluding hydrogens is 377 g/mol. The summed E-state index contributed by atoms with van der Waals surface area (Å²) >= 11 is 0. The standard InChI is InChI=1S/C25H26FN3O/c1-24(15-23(30)21-5-3-4-12-27-21)11-10-18-13-22-17(14-25(18,24)2)16-28-29(22)20-8-6-19(26)7-9-20/h3-9,12-13,16,23,30H,10-11,14-15H2,1-2H3/t23?,24-,25-/m0/s1. The molecule has 1 saturated carbocycles. The monoisotopic (exact) mass is 403 g/mol. The van der Waals surface area contributed by atoms with Crippen molar-refractivity contribution >= 4 is 6.08 Å². The van der Waals surface area contributed by atoms with E-state index in [4.69, 9.17) is 0 Å². The van der Waals surface area contributed by atoms with Gasteiger partial charge in [-0.3, -0.25) is 4.98 Å². The van der Waals surface area contributed by atoms with Crippen LogP contribution in [0.15, 0.2) is 60.4 Å². The van der Waals surface area contributed by atoms with E-state index in [1.807, 2.05) is 29.1 Å². The van der Waals surface area contributed by atoms with Crippen molar-refractivity contribution in [2.24, 2.45) is 10.8 Å². The van der Waals surface area contributed by atoms with Crippen molar-refractivity contribution < 1.29 is 9.50 Å². The van der Waals surface area contributed by atoms with Crippen LogP contribution in [0.5, 0.6) is 0 Å². The normalized spacial score (nSPS) is 26.1. The van der Waals surface area contributed by atoms with Crippen LogP contribution in [0.25, 0.3) is 11.8 Å². The predicted octanol–water partition coefficient (Wildman–Crippen LogP) is 5.28. The number of fused-ring (bicyclic) bond motifs is 2. The van der Waals surface area contributed by atoms with Crippen molar-refractivity contribution in [3.8, 4) is 5.69 Å². The maximum atomic E-state index is 13.3. The van der Waals surface area contributed by atoms with Crippen molar-refractivity contribution in [2.75, 3.05) is 0 Å². The minimum Gasteiger partial charge on any atom is -0.387 e. The lowest BCUT2D eigenvalue weighted by Crippen LogP contribution is -2.38. The van der Waals surface area contributed by atoms with Gasteiger partial charge < -0.3 is 5.11 Å². The van der Waals surface area contributed by atoms with E-state index in [0.717, 1.165) is 36.3 Å². The van der Waals surface area contributed by atoms with Crippen LogP contribution in [0.3, 0.4) is 0 Å². The second-order valence-corrected chi connectivity index (χ2v) is 9.16. The summed E-state index contributed by atoms with van der Waals surface area (Å²) < 4.78 is 15.2. The zero-order chi connectivity index (χ0) is 20.9. The number of halogens is 1. The molecule has 2 aliphatic carbocycles. The number of pyridine rings is 1. The lowest BCUT2D eigenvalue weighted by atomic mass is 9.60. The van der Waals surface area contributed by atoms with Crippen LogP contribution in [-0.2, 0) is 6.42 Å². The first kappa shape index (κ1) is 19.2. The molecule has 0 saturated heterocycles. The molecule has 1 N–H and O–H groups in total. The molecule has 3 atom stereocenters. The highest BCUT2D eigenvalue weighted by molar-refractivity contribution is 5.62. The first-order chi connectivity index (χ1) is 14.4. The molecule has 1 aromatic carbocycles. The Morgan fingerprint density at radius 3 is 2.70 bits per heavy atom. The molecule has 154 valence electrons. The highest BCUT2D eigenvalue weighted by Gasteiger charge is 2.53. The second-order valence-electron chi connectivity index (χ2n) is 9.16. The number of allylic oxidation sites excluding steroid dienone is 1. The van der Waals surface area contributed by atoms with Crippen molar-refractivity contribution in [1.29, 1.82) is 0 Å². The van der Waals surface area contributed by atoms with E-state index < -0.39 is 6.10 Å². The average molecular weight is 404 g/mol. The fourth-order valence-electron chi connectivity index (χ4n) is 5.36. The topological polar surface area (TPSA) is 50.9 Å². The Labute approximate surface area is 176 Å². The average Bonchev–Trinajstić information content (AvgIpc) is 3.25. The summed E-state index contributed by atoms with van der Waals surface area (Å²) in [6.45, 7) is 4.63. The highest BCUT2D eigenvalue weighted by Crippen LogP contribution is 2.62. The quantitative estimate of drug-likeness (QED) is 0.645. The first-order valence-electron chi connectivity index (χ1n) is 10.5. The number of aromatic nitrogens is 3. The summed E-state index contributed by atoms with van der Waals surface area (Å²) in [5.74, 6) is -0.247. The van der Waals surface area contributed by atoms with E-state index in [1.165, 1.54) is 23.3 Å². The summed E-state index contributed by atoms with van der Waals surface area (Å²) in [5.41, 5.74) is 5.23. The Kier molecular flexibility index (Phi) is 4.40. The van der Waals surface area contributed by atoms with E-state index in [9.17, 15) is 9.50 Å². The van der Waals surface area contributed by atoms with Crippen LogP contribution in [0.2, 0.25) is 0 Å². The number of benzene rings is 1. The third-order valence-corrected chi connectivity index (χ3v) is 7.47. The molecule has 5 rings (SSSR count). The Hall–Kier alpha value is -2.79. The Morgan fingerprint density at radius 2 is 1.97 bits per heavy atom. The molecule has 2 heterocycles. The first-order valence-corrected chi connectivity index (χ1v) is 10.5. The van der Waals surface area contributed by atoms with Gasteiger partial charge >= 0.3 is 0 Å². The van der Waals surface area contributed by atoms with E-state index in [1.54, 1.807) is 18.3 Å². The highest BCUT2D eigenvalue weighted by atomic mass is 19.1. The van der Waals surface area contributed by atoms with Gasteiger partial charge in [-0.15, -0.1) is 0 Å². The fourth-order valence-corrected chi connectivity index (χ4v) is 5.36. The fraction of sp³-hybridized carbons (Fsp3) is 0.360. The van der Waals surface area contributed by atoms with Crippen molar-refractivity contribution in [1.82, 2.24) is 14.8 Å². The van der Waals surface area contributed by atoms with Gasteiger partial charge in [0.05, 0.1) is 29.4 Å². The van der Waals surface area contributed by atoms with Crippen molar-refractivity contribution in [3.63, 3.8) is 0 Å². The summed E-state index contributed by atoms with van der Waals surface area (Å²) in [7, 11) is 0. The summed E-state index contributed by atoms with van der Waals surface area (Å²) in [5, 5.41) is 15.5. The van der Waals surface area contributed by atoms with Gasteiger partial charge in [0, 0.05) is 6.20 Å². The SMILES string of the molecule is C[C@@]1(CC(O)c2ccccn2)CCC2=Cc3c(cnn3-c3ccc(F)cc3)C[C@@]21C. The van der Waals surface area contributed by atoms with E-state index >= 15 is 0 Å². The van der Waals surface area contributed by atoms with Gasteiger partial charge in [-0.1, -0.05) is 25.5 Å². The van der Waals surface area contributed by atoms with Gasteiger partial charge in [-0.25, -0.2) is 9.07 Å². The van der Waals surface area contributed by atoms with Crippen molar-refractivity contribution in [3.05, 3.63) is 83.2 Å². The third kappa shape index (κ3) is 2.91. The predicted molar refractivity (Wildman–Crippen MR) is 114 cm³/mol. The molecule has 4 nitrogen and oxygen atoms in total. The Morgan fingerprint density at radius 1 is 1.17 bits per heavy atom. The molecule has 30 heavy (non-hydrogen) atoms. The molecule has 0 bridgehead atoms. The molecule has 1 unspecified atom stereocenters. The smallest absolute Gasteiger partial charge is 0.123 e. The molecule has 5 heteroatoms. The Bertz CT molecular complexity index is 1110. The van der Waals surface area contributed by atoms with Crippen molar-refractivity contribution in [2.45, 2.75) is 45.6 Å². The van der Waals surface area contributed by atoms with E-state index in [-0.39, 0.29) is 16.6 Å². The number of aliphatic hydroxyl groups is 1. The van der Waals surface area contributed by atoms with Crippen LogP contribution in [0.4, 0.5) is 4.39 Å². The third-order valence-electron chi connectivity index (χ3n) is 7.47. The lowest BCUT2D eigenvalue weighted by Gasteiger charge is -2.45. The molecule has 0 aliphatic heterocycles. The van der Waals surface area contributed by atoms with Gasteiger partial charge in [-0.2, -0.15) is 5.10 Å². The molecule has 0 amide bonds. The molecule has 0 spiro atoms. The minimum absolute atomic E-state index is 0.0353. The van der Waals surface area contributed by atoms with Gasteiger partial charge in [0.2, 0.25) is 0 Å². The van der Waals surface area contributed by atoms with Crippen LogP contribution in [-0.4, -0.2) is 19.9 Å². The zero-order valence-corrected chi connectivity index (χ0v) is 17.3. The second kappa shape index (κ2) is 6.88. The van der Waals surface area contributed by atoms with Crippen LogP contribution < -0.4 is 0 Å². The molecule has 1 fully saturated rings. The maximum Gasteiger partial charge on any atom is 0.123 e.